The Bertz CT molecular complexity index is 3780. The van der Waals surface area contributed by atoms with E-state index in [4.69, 9.17) is 9.98 Å². The van der Waals surface area contributed by atoms with Crippen LogP contribution in [0.3, 0.4) is 0 Å². The second-order valence-corrected chi connectivity index (χ2v) is 17.7. The van der Waals surface area contributed by atoms with Crippen LogP contribution in [-0.4, -0.2) is 9.97 Å². The van der Waals surface area contributed by atoms with E-state index in [-0.39, 0.29) is 49.6 Å². The van der Waals surface area contributed by atoms with Gasteiger partial charge in [0.05, 0.1) is 16.4 Å². The third kappa shape index (κ3) is 9.11. The van der Waals surface area contributed by atoms with Crippen molar-refractivity contribution in [3.05, 3.63) is 288 Å². The van der Waals surface area contributed by atoms with Crippen LogP contribution in [0.4, 0.5) is 0 Å². The summed E-state index contributed by atoms with van der Waals surface area (Å²) >= 11 is 0. The largest absolute Gasteiger partial charge is 1.00 e. The molecule has 0 radical (unpaired) electrons. The molecule has 0 saturated carbocycles. The van der Waals surface area contributed by atoms with Gasteiger partial charge < -0.3 is 54.6 Å². The summed E-state index contributed by atoms with van der Waals surface area (Å²) in [6.07, 6.45) is 18.9. The first-order valence-corrected chi connectivity index (χ1v) is 23.3. The number of hydrogen-bond donors (Lipinski definition) is 2. The number of aromatic nitrogens is 6. The first-order valence-electron chi connectivity index (χ1n) is 23.3. The zero-order valence-corrected chi connectivity index (χ0v) is 42.1. The molecule has 8 nitrogen and oxygen atoms in total. The number of rotatable bonds is 9. The Morgan fingerprint density at radius 1 is 0.466 bits per heavy atom. The molecule has 0 bridgehead atoms. The molecule has 2 N–H and O–H groups in total. The highest BCUT2D eigenvalue weighted by Gasteiger charge is 2.46. The number of benzene rings is 6. The van der Waals surface area contributed by atoms with Gasteiger partial charge in [-0.2, -0.15) is 18.3 Å². The number of nitrogens with zero attached hydrogens (tertiary/aromatic N) is 6. The fraction of sp³-hybridized carbons (Fsp3) is 0.0328. The number of pyridine rings is 4. The van der Waals surface area contributed by atoms with Crippen molar-refractivity contribution in [1.82, 2.24) is 9.97 Å². The quantitative estimate of drug-likeness (QED) is 0.141. The van der Waals surface area contributed by atoms with E-state index in [1.54, 1.807) is 0 Å². The van der Waals surface area contributed by atoms with Crippen LogP contribution in [0.5, 0.6) is 0 Å². The van der Waals surface area contributed by atoms with Gasteiger partial charge >= 0.3 is 5.82 Å². The molecule has 13 rings (SSSR count). The summed E-state index contributed by atoms with van der Waals surface area (Å²) in [6, 6.07) is 69.6. The zero-order valence-electron chi connectivity index (χ0n) is 39.1. The lowest BCUT2D eigenvalue weighted by atomic mass is 9.67. The van der Waals surface area contributed by atoms with Crippen molar-refractivity contribution in [3.63, 3.8) is 0 Å². The van der Waals surface area contributed by atoms with E-state index in [9.17, 15) is 0 Å². The summed E-state index contributed by atoms with van der Waals surface area (Å²) < 4.78 is 8.55. The second-order valence-electron chi connectivity index (χ2n) is 17.7. The SMILES string of the molecule is C(=C1N=c2ccccc2=[NH+]1)[n+]1ccc(-c2cc[n+](-c3ccc(C4(c5ccc(-[n+]6ccc(-c7cc[n+](Cc8nc9ccccc9[nH]8)cc7)cc6)cc5)c5ccccc5-c5ccccc54)cc3)cc2)cc1.[Cl-].[Cl-].[Cl-].[Cl-]. The number of fused-ring (bicyclic) bond motifs is 5. The molecule has 1 aliphatic carbocycles. The number of para-hydroxylation sites is 4. The lowest BCUT2D eigenvalue weighted by Gasteiger charge is -2.33. The zero-order chi connectivity index (χ0) is 45.7. The maximum atomic E-state index is 4.75. The molecule has 12 heteroatoms. The van der Waals surface area contributed by atoms with Gasteiger partial charge in [-0.1, -0.05) is 97.1 Å². The average Bonchev–Trinajstić information content (AvgIpc) is 4.11. The molecule has 6 heterocycles. The Hall–Kier alpha value is -8.11. The van der Waals surface area contributed by atoms with E-state index in [2.05, 4.69) is 225 Å². The predicted octanol–water partition coefficient (Wildman–Crippen LogP) is -4.76. The molecule has 356 valence electrons. The highest BCUT2D eigenvalue weighted by atomic mass is 35.5. The Morgan fingerprint density at radius 2 is 0.932 bits per heavy atom. The number of nitrogens with one attached hydrogen (secondary N) is 2. The molecule has 0 atom stereocenters. The lowest BCUT2D eigenvalue weighted by Crippen LogP contribution is -3.00. The number of H-pyrrole nitrogens is 1. The monoisotopic (exact) mass is 1030 g/mol. The van der Waals surface area contributed by atoms with Gasteiger partial charge in [0, 0.05) is 72.8 Å². The highest BCUT2D eigenvalue weighted by Crippen LogP contribution is 2.56. The molecule has 0 fully saturated rings. The fourth-order valence-corrected chi connectivity index (χ4v) is 10.3. The Balaban J connectivity index is 0.00000164. The van der Waals surface area contributed by atoms with Gasteiger partial charge in [0.2, 0.25) is 23.3 Å². The van der Waals surface area contributed by atoms with Crippen molar-refractivity contribution >= 4 is 17.2 Å². The summed E-state index contributed by atoms with van der Waals surface area (Å²) in [6.45, 7) is 0.681. The average molecular weight is 1030 g/mol. The van der Waals surface area contributed by atoms with E-state index in [0.717, 1.165) is 67.0 Å². The van der Waals surface area contributed by atoms with Gasteiger partial charge in [0.1, 0.15) is 0 Å². The molecule has 2 aliphatic rings. The Labute approximate surface area is 447 Å². The van der Waals surface area contributed by atoms with Crippen LogP contribution in [0.15, 0.2) is 255 Å². The summed E-state index contributed by atoms with van der Waals surface area (Å²) in [5.74, 6) is 1.76. The molecular weight excluding hydrogens is 987 g/mol. The molecule has 11 aromatic rings. The first-order chi connectivity index (χ1) is 34.1. The molecule has 1 aliphatic heterocycles. The summed E-state index contributed by atoms with van der Waals surface area (Å²) in [4.78, 5) is 16.2. The van der Waals surface area contributed by atoms with E-state index in [1.807, 2.05) is 53.2 Å². The maximum absolute atomic E-state index is 4.75. The van der Waals surface area contributed by atoms with Crippen LogP contribution in [0, 0.1) is 0 Å². The predicted molar refractivity (Wildman–Crippen MR) is 265 cm³/mol. The van der Waals surface area contributed by atoms with Crippen LogP contribution < -0.4 is 83.6 Å². The van der Waals surface area contributed by atoms with Gasteiger partial charge in [-0.05, 0) is 84.9 Å². The maximum Gasteiger partial charge on any atom is 0.387 e. The standard InChI is InChI=1S/C61H43N8.4ClH/c1-3-11-53-51(9-1)52-10-2-4-12-54(52)61(53,47-17-21-49(22-18-47)68-37-29-45(30-38-68)43-25-33-66(34-26-43)41-59-62-55-13-5-6-14-56(55)63-59)48-19-23-50(24-20-48)69-39-31-46(32-40-69)44-27-35-67(36-28-44)42-60-64-57-15-7-8-16-58(57)65-60;;;;/h1-41H,42H2;4*1H/q+3;;;;/p-2. The molecule has 0 spiro atoms. The molecular formula is C61H45Cl4N8+. The minimum Gasteiger partial charge on any atom is -1.00 e. The number of aromatic amines is 1. The Morgan fingerprint density at radius 3 is 1.47 bits per heavy atom. The summed E-state index contributed by atoms with van der Waals surface area (Å²) in [5.41, 5.74) is 15.9. The topological polar surface area (TPSA) is 70.5 Å². The second kappa shape index (κ2) is 20.9. The number of hydrogen-bond acceptors (Lipinski definition) is 2. The van der Waals surface area contributed by atoms with Crippen LogP contribution in [0.25, 0.3) is 62.0 Å². The molecule has 0 amide bonds. The van der Waals surface area contributed by atoms with Crippen molar-refractivity contribution in [2.24, 2.45) is 4.99 Å². The van der Waals surface area contributed by atoms with Crippen LogP contribution in [0.1, 0.15) is 28.1 Å². The minimum absolute atomic E-state index is 0. The van der Waals surface area contributed by atoms with Crippen LogP contribution >= 0.6 is 0 Å². The normalized spacial score (nSPS) is 12.9. The smallest absolute Gasteiger partial charge is 0.387 e. The van der Waals surface area contributed by atoms with E-state index < -0.39 is 5.41 Å². The molecule has 5 aromatic heterocycles. The third-order valence-electron chi connectivity index (χ3n) is 13.7. The van der Waals surface area contributed by atoms with Crippen molar-refractivity contribution < 1.29 is 72.9 Å². The number of halogens is 4. The minimum atomic E-state index is -0.506. The molecule has 6 aromatic carbocycles. The van der Waals surface area contributed by atoms with E-state index in [1.165, 1.54) is 33.4 Å². The molecule has 73 heavy (non-hydrogen) atoms. The third-order valence-corrected chi connectivity index (χ3v) is 13.7. The van der Waals surface area contributed by atoms with E-state index >= 15 is 0 Å². The molecule has 0 unspecified atom stereocenters. The van der Waals surface area contributed by atoms with Gasteiger partial charge in [-0.15, -0.1) is 0 Å². The van der Waals surface area contributed by atoms with Crippen LogP contribution in [0.2, 0.25) is 0 Å². The Kier molecular flexibility index (Phi) is 14.3. The summed E-state index contributed by atoms with van der Waals surface area (Å²) in [5, 5.41) is 1.99. The van der Waals surface area contributed by atoms with Crippen molar-refractivity contribution in [2.75, 3.05) is 0 Å². The summed E-state index contributed by atoms with van der Waals surface area (Å²) in [7, 11) is 0. The van der Waals surface area contributed by atoms with Crippen molar-refractivity contribution in [1.29, 1.82) is 0 Å². The lowest BCUT2D eigenvalue weighted by molar-refractivity contribution is -0.689. The van der Waals surface area contributed by atoms with Gasteiger partial charge in [-0.25, -0.2) is 9.98 Å². The van der Waals surface area contributed by atoms with Gasteiger partial charge in [-0.3, -0.25) is 0 Å². The van der Waals surface area contributed by atoms with Gasteiger partial charge in [0.15, 0.2) is 60.8 Å². The van der Waals surface area contributed by atoms with Crippen LogP contribution in [-0.2, 0) is 12.0 Å². The number of imidazole rings is 1. The van der Waals surface area contributed by atoms with Gasteiger partial charge in [0.25, 0.3) is 6.20 Å². The van der Waals surface area contributed by atoms with Crippen molar-refractivity contribution in [3.8, 4) is 44.8 Å². The first kappa shape index (κ1) is 49.9. The van der Waals surface area contributed by atoms with E-state index in [0.29, 0.717) is 6.54 Å². The molecule has 0 saturated heterocycles. The van der Waals surface area contributed by atoms with Crippen molar-refractivity contribution in [2.45, 2.75) is 12.0 Å². The highest BCUT2D eigenvalue weighted by molar-refractivity contribution is 5.86. The fourth-order valence-electron chi connectivity index (χ4n) is 10.3.